The van der Waals surface area contributed by atoms with Crippen molar-refractivity contribution in [1.82, 2.24) is 19.5 Å². The Kier molecular flexibility index (Phi) is 10.0. The molecule has 0 saturated carbocycles. The Hall–Kier alpha value is -8.29. The lowest BCUT2D eigenvalue weighted by atomic mass is 10.0. The lowest BCUT2D eigenvalue weighted by molar-refractivity contribution is 1.06. The monoisotopic (exact) mass is 785 g/mol. The SMILES string of the molecule is NC(=NC(=NCc1ccccc1)c1ccccc1)c1ccc2c(c1)c1cc(-c3ccc(-c4nc(-c5ccccc5)nc(-c5ccccc5)n4)cc3)ccc1n2-c1ccccc1. The summed E-state index contributed by atoms with van der Waals surface area (Å²) in [5, 5.41) is 2.18. The van der Waals surface area contributed by atoms with Gasteiger partial charge in [-0.3, -0.25) is 4.99 Å². The number of nitrogens with zero attached hydrogens (tertiary/aromatic N) is 6. The zero-order valence-corrected chi connectivity index (χ0v) is 33.2. The number of amidine groups is 2. The number of rotatable bonds is 9. The van der Waals surface area contributed by atoms with Gasteiger partial charge in [-0.05, 0) is 59.2 Å². The number of hydrogen-bond acceptors (Lipinski definition) is 4. The minimum Gasteiger partial charge on any atom is -0.383 e. The Morgan fingerprint density at radius 2 is 0.885 bits per heavy atom. The molecule has 7 heteroatoms. The number of aromatic nitrogens is 4. The van der Waals surface area contributed by atoms with Crippen LogP contribution in [0, 0.1) is 0 Å². The van der Waals surface area contributed by atoms with Crippen molar-refractivity contribution in [3.8, 4) is 51.0 Å². The number of aliphatic imine (C=N–C) groups is 2. The van der Waals surface area contributed by atoms with Crippen molar-refractivity contribution in [3.05, 3.63) is 229 Å². The standard InChI is InChI=1S/C54H39N7/c55-50(57-51(39-18-8-2-9-19-39)56-36-37-16-6-1-7-17-37)44-31-33-49-47(35-44)46-34-43(30-32-48(46)61(49)45-24-14-5-15-25-45)38-26-28-42(29-27-38)54-59-52(40-20-10-3-11-21-40)58-53(60-54)41-22-12-4-13-23-41/h1-35H,36H2,(H2,55,56,57). The summed E-state index contributed by atoms with van der Waals surface area (Å²) in [4.78, 5) is 24.6. The molecule has 290 valence electrons. The molecule has 0 amide bonds. The lowest BCUT2D eigenvalue weighted by Gasteiger charge is -2.10. The highest BCUT2D eigenvalue weighted by molar-refractivity contribution is 6.15. The Bertz CT molecular complexity index is 3120. The Balaban J connectivity index is 1.05. The molecule has 0 unspecified atom stereocenters. The van der Waals surface area contributed by atoms with E-state index in [0.29, 0.717) is 35.7 Å². The summed E-state index contributed by atoms with van der Waals surface area (Å²) in [6, 6.07) is 72.2. The molecule has 0 bridgehead atoms. The zero-order valence-electron chi connectivity index (χ0n) is 33.2. The number of fused-ring (bicyclic) bond motifs is 3. The molecule has 0 spiro atoms. The van der Waals surface area contributed by atoms with Crippen LogP contribution in [0.15, 0.2) is 222 Å². The minimum atomic E-state index is 0.397. The molecule has 2 aromatic heterocycles. The number of benzene rings is 8. The third-order valence-corrected chi connectivity index (χ3v) is 10.8. The van der Waals surface area contributed by atoms with E-state index in [1.807, 2.05) is 121 Å². The maximum absolute atomic E-state index is 6.87. The van der Waals surface area contributed by atoms with Gasteiger partial charge in [-0.25, -0.2) is 19.9 Å². The van der Waals surface area contributed by atoms with E-state index in [1.54, 1.807) is 0 Å². The van der Waals surface area contributed by atoms with E-state index >= 15 is 0 Å². The van der Waals surface area contributed by atoms with Crippen LogP contribution in [0.25, 0.3) is 72.8 Å². The highest BCUT2D eigenvalue weighted by Gasteiger charge is 2.17. The molecular weight excluding hydrogens is 747 g/mol. The second kappa shape index (κ2) is 16.5. The van der Waals surface area contributed by atoms with Crippen LogP contribution in [0.5, 0.6) is 0 Å². The van der Waals surface area contributed by atoms with Gasteiger partial charge in [0.25, 0.3) is 0 Å². The highest BCUT2D eigenvalue weighted by atomic mass is 15.0. The largest absolute Gasteiger partial charge is 0.383 e. The molecule has 0 aliphatic rings. The van der Waals surface area contributed by atoms with Gasteiger partial charge in [0.1, 0.15) is 5.84 Å². The van der Waals surface area contributed by atoms with Crippen molar-refractivity contribution in [2.75, 3.05) is 0 Å². The van der Waals surface area contributed by atoms with E-state index in [-0.39, 0.29) is 0 Å². The molecule has 2 N–H and O–H groups in total. The molecule has 0 saturated heterocycles. The van der Waals surface area contributed by atoms with Crippen molar-refractivity contribution in [3.63, 3.8) is 0 Å². The van der Waals surface area contributed by atoms with E-state index < -0.39 is 0 Å². The van der Waals surface area contributed by atoms with Crippen LogP contribution >= 0.6 is 0 Å². The summed E-state index contributed by atoms with van der Waals surface area (Å²) in [7, 11) is 0. The van der Waals surface area contributed by atoms with Gasteiger partial charge in [0.05, 0.1) is 17.6 Å². The molecule has 0 fully saturated rings. The lowest BCUT2D eigenvalue weighted by Crippen LogP contribution is -2.16. The van der Waals surface area contributed by atoms with Crippen LogP contribution < -0.4 is 5.73 Å². The second-order valence-electron chi connectivity index (χ2n) is 14.7. The van der Waals surface area contributed by atoms with E-state index in [2.05, 4.69) is 95.6 Å². The fourth-order valence-electron chi connectivity index (χ4n) is 7.67. The number of hydrogen-bond donors (Lipinski definition) is 1. The summed E-state index contributed by atoms with van der Waals surface area (Å²) >= 11 is 0. The molecule has 0 aliphatic heterocycles. The van der Waals surface area contributed by atoms with Crippen LogP contribution in [0.4, 0.5) is 0 Å². The summed E-state index contributed by atoms with van der Waals surface area (Å²) in [5.41, 5.74) is 17.9. The smallest absolute Gasteiger partial charge is 0.164 e. The van der Waals surface area contributed by atoms with Gasteiger partial charge < -0.3 is 10.3 Å². The van der Waals surface area contributed by atoms with Crippen LogP contribution in [-0.4, -0.2) is 31.2 Å². The fourth-order valence-corrected chi connectivity index (χ4v) is 7.67. The third-order valence-electron chi connectivity index (χ3n) is 10.8. The summed E-state index contributed by atoms with van der Waals surface area (Å²) in [6.07, 6.45) is 0. The predicted molar refractivity (Wildman–Crippen MR) is 250 cm³/mol. The molecule has 10 rings (SSSR count). The van der Waals surface area contributed by atoms with Crippen molar-refractivity contribution >= 4 is 33.5 Å². The van der Waals surface area contributed by atoms with E-state index in [0.717, 1.165) is 72.0 Å². The van der Waals surface area contributed by atoms with Gasteiger partial charge in [-0.1, -0.05) is 170 Å². The average Bonchev–Trinajstić information content (AvgIpc) is 3.67. The van der Waals surface area contributed by atoms with Crippen molar-refractivity contribution < 1.29 is 0 Å². The fraction of sp³-hybridized carbons (Fsp3) is 0.0185. The van der Waals surface area contributed by atoms with Crippen LogP contribution in [0.3, 0.4) is 0 Å². The molecule has 0 aliphatic carbocycles. The predicted octanol–water partition coefficient (Wildman–Crippen LogP) is 12.0. The topological polar surface area (TPSA) is 94.3 Å². The minimum absolute atomic E-state index is 0.397. The third kappa shape index (κ3) is 7.71. The van der Waals surface area contributed by atoms with Crippen LogP contribution in [0.2, 0.25) is 0 Å². The van der Waals surface area contributed by atoms with Crippen LogP contribution in [0.1, 0.15) is 16.7 Å². The van der Waals surface area contributed by atoms with E-state index in [1.165, 1.54) is 0 Å². The maximum atomic E-state index is 6.87. The van der Waals surface area contributed by atoms with Gasteiger partial charge in [0, 0.05) is 44.3 Å². The van der Waals surface area contributed by atoms with Gasteiger partial charge in [-0.2, -0.15) is 0 Å². The molecule has 0 radical (unpaired) electrons. The summed E-state index contributed by atoms with van der Waals surface area (Å²) in [6.45, 7) is 0.494. The molecule has 10 aromatic rings. The van der Waals surface area contributed by atoms with E-state index in [9.17, 15) is 0 Å². The first kappa shape index (κ1) is 37.0. The second-order valence-corrected chi connectivity index (χ2v) is 14.7. The molecule has 8 aromatic carbocycles. The Labute approximate surface area is 353 Å². The van der Waals surface area contributed by atoms with E-state index in [4.69, 9.17) is 30.7 Å². The first-order chi connectivity index (χ1) is 30.1. The van der Waals surface area contributed by atoms with Crippen LogP contribution in [-0.2, 0) is 6.54 Å². The number of nitrogens with two attached hydrogens (primary N) is 1. The molecule has 61 heavy (non-hydrogen) atoms. The van der Waals surface area contributed by atoms with Crippen molar-refractivity contribution in [1.29, 1.82) is 0 Å². The van der Waals surface area contributed by atoms with Gasteiger partial charge >= 0.3 is 0 Å². The quantitative estimate of drug-likeness (QED) is 0.116. The summed E-state index contributed by atoms with van der Waals surface area (Å²) in [5.74, 6) is 2.87. The van der Waals surface area contributed by atoms with Gasteiger partial charge in [-0.15, -0.1) is 0 Å². The maximum Gasteiger partial charge on any atom is 0.164 e. The normalized spacial score (nSPS) is 11.9. The molecular formula is C54H39N7. The highest BCUT2D eigenvalue weighted by Crippen LogP contribution is 2.36. The average molecular weight is 786 g/mol. The van der Waals surface area contributed by atoms with Crippen molar-refractivity contribution in [2.45, 2.75) is 6.54 Å². The first-order valence-corrected chi connectivity index (χ1v) is 20.2. The molecule has 0 atom stereocenters. The number of para-hydroxylation sites is 1. The van der Waals surface area contributed by atoms with Crippen molar-refractivity contribution in [2.24, 2.45) is 15.7 Å². The summed E-state index contributed by atoms with van der Waals surface area (Å²) < 4.78 is 2.31. The van der Waals surface area contributed by atoms with Gasteiger partial charge in [0.2, 0.25) is 0 Å². The Morgan fingerprint density at radius 1 is 0.426 bits per heavy atom. The Morgan fingerprint density at radius 3 is 1.48 bits per heavy atom. The van der Waals surface area contributed by atoms with Gasteiger partial charge in [0.15, 0.2) is 23.3 Å². The molecule has 7 nitrogen and oxygen atoms in total. The molecule has 2 heterocycles. The first-order valence-electron chi connectivity index (χ1n) is 20.2. The zero-order chi connectivity index (χ0) is 41.0.